The van der Waals surface area contributed by atoms with Crippen molar-refractivity contribution in [2.45, 2.75) is 32.4 Å². The van der Waals surface area contributed by atoms with Gasteiger partial charge in [-0.2, -0.15) is 0 Å². The molecule has 0 saturated carbocycles. The third-order valence-electron chi connectivity index (χ3n) is 6.42. The molecule has 0 unspecified atom stereocenters. The second-order valence-electron chi connectivity index (χ2n) is 9.69. The Hall–Kier alpha value is -4.19. The van der Waals surface area contributed by atoms with Gasteiger partial charge in [0.1, 0.15) is 5.82 Å². The maximum atomic E-state index is 13.8. The normalized spacial score (nSPS) is 16.1. The molecule has 1 fully saturated rings. The number of aromatic nitrogens is 3. The fraction of sp³-hybridized carbons (Fsp3) is 0.346. The van der Waals surface area contributed by atoms with E-state index in [0.29, 0.717) is 31.3 Å². The molecular formula is C26H28F2N6O4. The number of nitrogens with zero attached hydrogens (tertiary/aromatic N) is 5. The average Bonchev–Trinajstić information content (AvgIpc) is 2.87. The number of carbonyl (C=O) groups excluding carboxylic acids is 2. The van der Waals surface area contributed by atoms with Gasteiger partial charge in [0.05, 0.1) is 29.5 Å². The van der Waals surface area contributed by atoms with E-state index in [0.717, 1.165) is 12.1 Å². The summed E-state index contributed by atoms with van der Waals surface area (Å²) in [6, 6.07) is 5.25. The third kappa shape index (κ3) is 5.86. The number of hydrogen-bond acceptors (Lipinski definition) is 7. The minimum absolute atomic E-state index is 0.0254. The highest BCUT2D eigenvalue weighted by Crippen LogP contribution is 2.26. The van der Waals surface area contributed by atoms with Gasteiger partial charge in [-0.05, 0) is 39.0 Å². The molecule has 0 spiro atoms. The Labute approximate surface area is 217 Å². The van der Waals surface area contributed by atoms with Crippen LogP contribution in [0, 0.1) is 11.6 Å². The topological polar surface area (TPSA) is 110 Å². The summed E-state index contributed by atoms with van der Waals surface area (Å²) in [5, 5.41) is 2.70. The molecule has 1 N–H and O–H groups in total. The van der Waals surface area contributed by atoms with Gasteiger partial charge in [0, 0.05) is 45.0 Å². The number of halogens is 2. The fourth-order valence-electron chi connectivity index (χ4n) is 4.28. The van der Waals surface area contributed by atoms with E-state index < -0.39 is 23.2 Å². The number of aryl methyl sites for hydroxylation is 1. The van der Waals surface area contributed by atoms with Crippen molar-refractivity contribution in [2.75, 3.05) is 25.0 Å². The smallest absolute Gasteiger partial charge is 0.255 e. The van der Waals surface area contributed by atoms with Crippen molar-refractivity contribution in [3.8, 4) is 11.6 Å². The van der Waals surface area contributed by atoms with Crippen molar-refractivity contribution in [1.82, 2.24) is 24.3 Å². The highest BCUT2D eigenvalue weighted by molar-refractivity contribution is 5.95. The molecule has 3 aromatic rings. The van der Waals surface area contributed by atoms with Crippen molar-refractivity contribution < 1.29 is 23.1 Å². The van der Waals surface area contributed by atoms with Crippen LogP contribution in [-0.4, -0.2) is 67.4 Å². The summed E-state index contributed by atoms with van der Waals surface area (Å²) in [6.45, 7) is 6.93. The summed E-state index contributed by atoms with van der Waals surface area (Å²) in [6.07, 6.45) is 4.02. The molecule has 0 aliphatic carbocycles. The van der Waals surface area contributed by atoms with E-state index in [2.05, 4.69) is 15.3 Å². The molecule has 2 amide bonds. The van der Waals surface area contributed by atoms with Gasteiger partial charge in [0.2, 0.25) is 17.3 Å². The van der Waals surface area contributed by atoms with Crippen molar-refractivity contribution in [3.63, 3.8) is 0 Å². The second kappa shape index (κ2) is 10.7. The van der Waals surface area contributed by atoms with Crippen LogP contribution in [0.15, 0.2) is 53.7 Å². The quantitative estimate of drug-likeness (QED) is 0.526. The number of piperazine rings is 1. The Kier molecular flexibility index (Phi) is 7.53. The first kappa shape index (κ1) is 26.9. The Morgan fingerprint density at radius 3 is 2.50 bits per heavy atom. The summed E-state index contributed by atoms with van der Waals surface area (Å²) < 4.78 is 33.5. The van der Waals surface area contributed by atoms with E-state index in [-0.39, 0.29) is 34.8 Å². The van der Waals surface area contributed by atoms with Crippen LogP contribution >= 0.6 is 0 Å². The van der Waals surface area contributed by atoms with E-state index in [1.54, 1.807) is 18.9 Å². The van der Waals surface area contributed by atoms with Crippen LogP contribution in [-0.2, 0) is 11.8 Å². The maximum Gasteiger partial charge on any atom is 0.255 e. The molecule has 12 heteroatoms. The zero-order chi connectivity index (χ0) is 27.6. The Morgan fingerprint density at radius 2 is 1.87 bits per heavy atom. The lowest BCUT2D eigenvalue weighted by molar-refractivity contribution is -0.122. The second-order valence-corrected chi connectivity index (χ2v) is 9.69. The van der Waals surface area contributed by atoms with Gasteiger partial charge in [0.15, 0.2) is 17.4 Å². The molecule has 4 rings (SSSR count). The number of amides is 2. The zero-order valence-electron chi connectivity index (χ0n) is 21.4. The van der Waals surface area contributed by atoms with Crippen molar-refractivity contribution >= 4 is 17.6 Å². The Balaban J connectivity index is 1.36. The lowest BCUT2D eigenvalue weighted by atomic mass is 9.96. The average molecular weight is 527 g/mol. The molecule has 1 saturated heterocycles. The highest BCUT2D eigenvalue weighted by Gasteiger charge is 2.39. The van der Waals surface area contributed by atoms with E-state index in [1.165, 1.54) is 35.3 Å². The SMILES string of the molecule is C[C@@H](C(=O)Nc1cnc(Oc2ccc(F)cc2F)cn1)N1CCN(C(=O)c2ccc(=O)n(C)c2)C(C)(C)C1. The molecule has 0 bridgehead atoms. The molecule has 1 aliphatic heterocycles. The van der Waals surface area contributed by atoms with Crippen molar-refractivity contribution in [1.29, 1.82) is 0 Å². The van der Waals surface area contributed by atoms with Gasteiger partial charge < -0.3 is 19.5 Å². The molecule has 38 heavy (non-hydrogen) atoms. The summed E-state index contributed by atoms with van der Waals surface area (Å²) in [7, 11) is 1.60. The molecule has 1 atom stereocenters. The number of nitrogens with one attached hydrogen (secondary N) is 1. The summed E-state index contributed by atoms with van der Waals surface area (Å²) >= 11 is 0. The van der Waals surface area contributed by atoms with Gasteiger partial charge in [0.25, 0.3) is 5.91 Å². The van der Waals surface area contributed by atoms with E-state index >= 15 is 0 Å². The number of carbonyl (C=O) groups is 2. The van der Waals surface area contributed by atoms with Crippen LogP contribution in [0.2, 0.25) is 0 Å². The first-order valence-electron chi connectivity index (χ1n) is 11.9. The van der Waals surface area contributed by atoms with Crippen LogP contribution in [0.3, 0.4) is 0 Å². The maximum absolute atomic E-state index is 13.8. The predicted molar refractivity (Wildman–Crippen MR) is 135 cm³/mol. The molecule has 3 heterocycles. The molecule has 0 radical (unpaired) electrons. The van der Waals surface area contributed by atoms with Gasteiger partial charge in [-0.1, -0.05) is 0 Å². The molecule has 1 aliphatic rings. The van der Waals surface area contributed by atoms with Crippen LogP contribution in [0.4, 0.5) is 14.6 Å². The van der Waals surface area contributed by atoms with E-state index in [1.807, 2.05) is 18.7 Å². The highest BCUT2D eigenvalue weighted by atomic mass is 19.1. The van der Waals surface area contributed by atoms with E-state index in [4.69, 9.17) is 4.74 Å². The van der Waals surface area contributed by atoms with Crippen LogP contribution in [0.25, 0.3) is 0 Å². The molecule has 200 valence electrons. The minimum Gasteiger partial charge on any atom is -0.434 e. The Morgan fingerprint density at radius 1 is 1.11 bits per heavy atom. The van der Waals surface area contributed by atoms with Crippen LogP contribution in [0.5, 0.6) is 11.6 Å². The zero-order valence-corrected chi connectivity index (χ0v) is 21.4. The summed E-state index contributed by atoms with van der Waals surface area (Å²) in [5.74, 6) is -2.15. The first-order chi connectivity index (χ1) is 17.9. The number of anilines is 1. The number of hydrogen-bond donors (Lipinski definition) is 1. The number of benzene rings is 1. The number of rotatable bonds is 6. The van der Waals surface area contributed by atoms with Crippen molar-refractivity contribution in [2.24, 2.45) is 7.05 Å². The third-order valence-corrected chi connectivity index (χ3v) is 6.42. The number of ether oxygens (including phenoxy) is 1. The van der Waals surface area contributed by atoms with Gasteiger partial charge in [-0.3, -0.25) is 19.3 Å². The standard InChI is InChI=1S/C26H28F2N6O4/c1-16(24(36)31-21-12-30-22(13-29-21)38-20-7-6-18(27)11-19(20)28)33-9-10-34(26(2,3)15-33)25(37)17-5-8-23(35)32(4)14-17/h5-8,11-14,16H,9-10,15H2,1-4H3,(H,29,31,36)/t16-/m0/s1. The molecule has 10 nitrogen and oxygen atoms in total. The van der Waals surface area contributed by atoms with E-state index in [9.17, 15) is 23.2 Å². The van der Waals surface area contributed by atoms with Crippen LogP contribution in [0.1, 0.15) is 31.1 Å². The molecular weight excluding hydrogens is 498 g/mol. The number of pyridine rings is 1. The van der Waals surface area contributed by atoms with Gasteiger partial charge in [-0.15, -0.1) is 0 Å². The van der Waals surface area contributed by atoms with Crippen LogP contribution < -0.4 is 15.6 Å². The van der Waals surface area contributed by atoms with Gasteiger partial charge in [-0.25, -0.2) is 18.7 Å². The fourth-order valence-corrected chi connectivity index (χ4v) is 4.28. The lowest BCUT2D eigenvalue weighted by Crippen LogP contribution is -2.63. The first-order valence-corrected chi connectivity index (χ1v) is 11.9. The molecule has 2 aromatic heterocycles. The Bertz CT molecular complexity index is 1410. The van der Waals surface area contributed by atoms with Gasteiger partial charge >= 0.3 is 0 Å². The predicted octanol–water partition coefficient (Wildman–Crippen LogP) is 2.81. The largest absolute Gasteiger partial charge is 0.434 e. The van der Waals surface area contributed by atoms with Crippen molar-refractivity contribution in [3.05, 3.63) is 76.5 Å². The lowest BCUT2D eigenvalue weighted by Gasteiger charge is -2.48. The summed E-state index contributed by atoms with van der Waals surface area (Å²) in [4.78, 5) is 49.6. The minimum atomic E-state index is -0.878. The summed E-state index contributed by atoms with van der Waals surface area (Å²) in [5.41, 5.74) is -0.348. The monoisotopic (exact) mass is 526 g/mol. The molecule has 1 aromatic carbocycles.